The van der Waals surface area contributed by atoms with Gasteiger partial charge in [0, 0.05) is 57.8 Å². The van der Waals surface area contributed by atoms with Crippen molar-refractivity contribution in [2.75, 3.05) is 50.6 Å². The van der Waals surface area contributed by atoms with Crippen LogP contribution in [0.2, 0.25) is 0 Å². The minimum atomic E-state index is -2.92. The van der Waals surface area contributed by atoms with E-state index in [4.69, 9.17) is 0 Å². The third kappa shape index (κ3) is 5.76. The summed E-state index contributed by atoms with van der Waals surface area (Å²) in [5.41, 5.74) is 0.605. The number of piperidine rings is 1. The van der Waals surface area contributed by atoms with Crippen molar-refractivity contribution < 1.29 is 13.2 Å². The molecule has 0 radical (unpaired) electrons. The SMILES string of the molecule is CN(C)c1cc(C(=O)NC2CCN(CCS(C)(=O)=O)CC2)ccn1. The first kappa shape index (κ1) is 18.7. The zero-order chi connectivity index (χ0) is 17.7. The first-order chi connectivity index (χ1) is 11.2. The van der Waals surface area contributed by atoms with E-state index in [1.165, 1.54) is 6.26 Å². The molecule has 2 rings (SSSR count). The molecule has 0 aliphatic carbocycles. The van der Waals surface area contributed by atoms with Crippen LogP contribution in [0.1, 0.15) is 23.2 Å². The number of sulfone groups is 1. The van der Waals surface area contributed by atoms with Crippen LogP contribution in [0.5, 0.6) is 0 Å². The first-order valence-corrected chi connectivity index (χ1v) is 10.1. The van der Waals surface area contributed by atoms with E-state index in [0.29, 0.717) is 12.1 Å². The van der Waals surface area contributed by atoms with Crippen molar-refractivity contribution in [2.24, 2.45) is 0 Å². The van der Waals surface area contributed by atoms with Crippen LogP contribution in [0, 0.1) is 0 Å². The van der Waals surface area contributed by atoms with Gasteiger partial charge in [-0.25, -0.2) is 13.4 Å². The molecule has 1 N–H and O–H groups in total. The third-order valence-electron chi connectivity index (χ3n) is 4.17. The Morgan fingerprint density at radius 1 is 1.38 bits per heavy atom. The third-order valence-corrected chi connectivity index (χ3v) is 5.09. The van der Waals surface area contributed by atoms with Gasteiger partial charge in [0.15, 0.2) is 0 Å². The van der Waals surface area contributed by atoms with Gasteiger partial charge in [-0.2, -0.15) is 0 Å². The number of rotatable bonds is 6. The van der Waals surface area contributed by atoms with Gasteiger partial charge in [-0.1, -0.05) is 0 Å². The lowest BCUT2D eigenvalue weighted by Crippen LogP contribution is -2.45. The second-order valence-electron chi connectivity index (χ2n) is 6.52. The van der Waals surface area contributed by atoms with Gasteiger partial charge in [0.1, 0.15) is 15.7 Å². The van der Waals surface area contributed by atoms with Crippen LogP contribution in [-0.4, -0.2) is 76.0 Å². The van der Waals surface area contributed by atoms with Crippen molar-refractivity contribution in [2.45, 2.75) is 18.9 Å². The number of likely N-dealkylation sites (tertiary alicyclic amines) is 1. The molecule has 7 nitrogen and oxygen atoms in total. The van der Waals surface area contributed by atoms with Crippen molar-refractivity contribution in [3.05, 3.63) is 23.9 Å². The van der Waals surface area contributed by atoms with E-state index in [1.807, 2.05) is 19.0 Å². The van der Waals surface area contributed by atoms with Crippen LogP contribution in [0.3, 0.4) is 0 Å². The molecule has 134 valence electrons. The molecule has 0 bridgehead atoms. The molecule has 1 saturated heterocycles. The highest BCUT2D eigenvalue weighted by Crippen LogP contribution is 2.13. The average molecular weight is 354 g/mol. The Kier molecular flexibility index (Phi) is 6.17. The van der Waals surface area contributed by atoms with Gasteiger partial charge in [0.2, 0.25) is 0 Å². The summed E-state index contributed by atoms with van der Waals surface area (Å²) in [5, 5.41) is 3.06. The number of nitrogens with one attached hydrogen (secondary N) is 1. The number of anilines is 1. The fraction of sp³-hybridized carbons (Fsp3) is 0.625. The summed E-state index contributed by atoms with van der Waals surface area (Å²) < 4.78 is 22.4. The van der Waals surface area contributed by atoms with Crippen LogP contribution >= 0.6 is 0 Å². The smallest absolute Gasteiger partial charge is 0.251 e. The lowest BCUT2D eigenvalue weighted by atomic mass is 10.0. The van der Waals surface area contributed by atoms with Crippen molar-refractivity contribution in [1.29, 1.82) is 0 Å². The van der Waals surface area contributed by atoms with E-state index < -0.39 is 9.84 Å². The van der Waals surface area contributed by atoms with E-state index in [9.17, 15) is 13.2 Å². The van der Waals surface area contributed by atoms with Crippen molar-refractivity contribution in [3.8, 4) is 0 Å². The predicted octanol–water partition coefficient (Wildman–Crippen LogP) is 0.386. The Balaban J connectivity index is 1.83. The van der Waals surface area contributed by atoms with Gasteiger partial charge in [0.25, 0.3) is 5.91 Å². The van der Waals surface area contributed by atoms with Crippen molar-refractivity contribution in [3.63, 3.8) is 0 Å². The van der Waals surface area contributed by atoms with Crippen LogP contribution < -0.4 is 10.2 Å². The maximum Gasteiger partial charge on any atom is 0.251 e. The number of amides is 1. The van der Waals surface area contributed by atoms with Crippen LogP contribution in [0.15, 0.2) is 18.3 Å². The Morgan fingerprint density at radius 3 is 2.62 bits per heavy atom. The standard InChI is InChI=1S/C16H26N4O3S/c1-19(2)15-12-13(4-7-17-15)16(21)18-14-5-8-20(9-6-14)10-11-24(3,22)23/h4,7,12,14H,5-6,8-11H2,1-3H3,(H,18,21). The molecular weight excluding hydrogens is 328 g/mol. The summed E-state index contributed by atoms with van der Waals surface area (Å²) in [6.07, 6.45) is 4.57. The minimum Gasteiger partial charge on any atom is -0.363 e. The molecule has 1 aromatic heterocycles. The zero-order valence-electron chi connectivity index (χ0n) is 14.5. The molecule has 0 spiro atoms. The molecule has 0 atom stereocenters. The monoisotopic (exact) mass is 354 g/mol. The molecular formula is C16H26N4O3S. The molecule has 1 amide bonds. The highest BCUT2D eigenvalue weighted by molar-refractivity contribution is 7.90. The van der Waals surface area contributed by atoms with E-state index in [2.05, 4.69) is 15.2 Å². The number of hydrogen-bond acceptors (Lipinski definition) is 6. The largest absolute Gasteiger partial charge is 0.363 e. The van der Waals surface area contributed by atoms with Gasteiger partial charge in [-0.15, -0.1) is 0 Å². The Labute approximate surface area is 144 Å². The van der Waals surface area contributed by atoms with Gasteiger partial charge < -0.3 is 15.1 Å². The maximum absolute atomic E-state index is 12.4. The average Bonchev–Trinajstić information content (AvgIpc) is 2.53. The van der Waals surface area contributed by atoms with Crippen LogP contribution in [-0.2, 0) is 9.84 Å². The number of aromatic nitrogens is 1. The maximum atomic E-state index is 12.4. The number of hydrogen-bond donors (Lipinski definition) is 1. The Morgan fingerprint density at radius 2 is 2.04 bits per heavy atom. The number of carbonyl (C=O) groups is 1. The summed E-state index contributed by atoms with van der Waals surface area (Å²) in [6.45, 7) is 2.18. The summed E-state index contributed by atoms with van der Waals surface area (Å²) in [7, 11) is 0.846. The minimum absolute atomic E-state index is 0.0879. The topological polar surface area (TPSA) is 82.6 Å². The van der Waals surface area contributed by atoms with Crippen LogP contribution in [0.4, 0.5) is 5.82 Å². The predicted molar refractivity (Wildman–Crippen MR) is 95.2 cm³/mol. The highest BCUT2D eigenvalue weighted by Gasteiger charge is 2.22. The quantitative estimate of drug-likeness (QED) is 0.796. The summed E-state index contributed by atoms with van der Waals surface area (Å²) in [5.74, 6) is 0.849. The molecule has 1 aromatic rings. The van der Waals surface area contributed by atoms with E-state index in [1.54, 1.807) is 18.3 Å². The molecule has 0 saturated carbocycles. The van der Waals surface area contributed by atoms with Gasteiger partial charge >= 0.3 is 0 Å². The van der Waals surface area contributed by atoms with Gasteiger partial charge in [-0.05, 0) is 25.0 Å². The van der Waals surface area contributed by atoms with Crippen LogP contribution in [0.25, 0.3) is 0 Å². The molecule has 0 aromatic carbocycles. The summed E-state index contributed by atoms with van der Waals surface area (Å²) in [6, 6.07) is 3.61. The van der Waals surface area contributed by atoms with Crippen molar-refractivity contribution >= 4 is 21.6 Å². The lowest BCUT2D eigenvalue weighted by Gasteiger charge is -2.32. The van der Waals surface area contributed by atoms with E-state index >= 15 is 0 Å². The zero-order valence-corrected chi connectivity index (χ0v) is 15.3. The fourth-order valence-corrected chi connectivity index (χ4v) is 3.26. The number of nitrogens with zero attached hydrogens (tertiary/aromatic N) is 3. The van der Waals surface area contributed by atoms with Crippen molar-refractivity contribution in [1.82, 2.24) is 15.2 Å². The second-order valence-corrected chi connectivity index (χ2v) is 8.78. The fourth-order valence-electron chi connectivity index (χ4n) is 2.67. The highest BCUT2D eigenvalue weighted by atomic mass is 32.2. The number of pyridine rings is 1. The molecule has 1 aliphatic heterocycles. The Bertz CT molecular complexity index is 668. The normalized spacial score (nSPS) is 16.8. The molecule has 24 heavy (non-hydrogen) atoms. The van der Waals surface area contributed by atoms with Gasteiger partial charge in [-0.3, -0.25) is 4.79 Å². The summed E-state index contributed by atoms with van der Waals surface area (Å²) in [4.78, 5) is 20.6. The first-order valence-electron chi connectivity index (χ1n) is 8.09. The van der Waals surface area contributed by atoms with E-state index in [0.717, 1.165) is 31.7 Å². The number of carbonyl (C=O) groups excluding carboxylic acids is 1. The molecule has 1 aliphatic rings. The van der Waals surface area contributed by atoms with Gasteiger partial charge in [0.05, 0.1) is 5.75 Å². The second kappa shape index (κ2) is 7.94. The molecule has 1 fully saturated rings. The lowest BCUT2D eigenvalue weighted by molar-refractivity contribution is 0.0913. The molecule has 2 heterocycles. The molecule has 0 unspecified atom stereocenters. The summed E-state index contributed by atoms with van der Waals surface area (Å²) >= 11 is 0. The Hall–Kier alpha value is -1.67. The molecule has 8 heteroatoms. The van der Waals surface area contributed by atoms with E-state index in [-0.39, 0.29) is 17.7 Å².